The maximum absolute atomic E-state index is 13.5. The lowest BCUT2D eigenvalue weighted by molar-refractivity contribution is -0.0523. The van der Waals surface area contributed by atoms with Crippen molar-refractivity contribution in [1.29, 1.82) is 0 Å². The highest BCUT2D eigenvalue weighted by Gasteiger charge is 2.31. The summed E-state index contributed by atoms with van der Waals surface area (Å²) in [7, 11) is 0. The van der Waals surface area contributed by atoms with Gasteiger partial charge in [-0.15, -0.1) is 0 Å². The monoisotopic (exact) mass is 433 g/mol. The average Bonchev–Trinajstić information content (AvgIpc) is 2.71. The fraction of sp³-hybridized carbons (Fsp3) is 0.478. The zero-order valence-corrected chi connectivity index (χ0v) is 18.0. The van der Waals surface area contributed by atoms with E-state index in [4.69, 9.17) is 0 Å². The molecule has 0 unspecified atom stereocenters. The number of halogens is 2. The summed E-state index contributed by atoms with van der Waals surface area (Å²) in [6.45, 7) is 2.71. The number of amides is 2. The maximum atomic E-state index is 13.5. The SMILES string of the molecule is Cc1ccc(NC(=O)N(c2ccccc2C(C)C)C2CCC(O)CC2)c(OC(F)F)n1. The second-order valence-corrected chi connectivity index (χ2v) is 8.16. The zero-order chi connectivity index (χ0) is 22.5. The lowest BCUT2D eigenvalue weighted by atomic mass is 9.90. The van der Waals surface area contributed by atoms with Gasteiger partial charge in [0.15, 0.2) is 0 Å². The van der Waals surface area contributed by atoms with Gasteiger partial charge in [-0.2, -0.15) is 8.78 Å². The number of benzene rings is 1. The largest absolute Gasteiger partial charge is 0.415 e. The molecule has 0 bridgehead atoms. The Morgan fingerprint density at radius 2 is 1.84 bits per heavy atom. The van der Waals surface area contributed by atoms with E-state index in [1.54, 1.807) is 17.9 Å². The van der Waals surface area contributed by atoms with Gasteiger partial charge in [0.2, 0.25) is 5.88 Å². The number of ether oxygens (including phenoxy) is 1. The van der Waals surface area contributed by atoms with Crippen LogP contribution in [-0.2, 0) is 0 Å². The van der Waals surface area contributed by atoms with Crippen molar-refractivity contribution in [3.63, 3.8) is 0 Å². The summed E-state index contributed by atoms with van der Waals surface area (Å²) >= 11 is 0. The number of pyridine rings is 1. The lowest BCUT2D eigenvalue weighted by Gasteiger charge is -2.37. The Morgan fingerprint density at radius 3 is 2.48 bits per heavy atom. The minimum atomic E-state index is -3.05. The van der Waals surface area contributed by atoms with Gasteiger partial charge >= 0.3 is 12.6 Å². The molecular weight excluding hydrogens is 404 g/mol. The molecule has 3 rings (SSSR count). The zero-order valence-electron chi connectivity index (χ0n) is 18.0. The van der Waals surface area contributed by atoms with Crippen LogP contribution >= 0.6 is 0 Å². The first-order chi connectivity index (χ1) is 14.8. The number of carbonyl (C=O) groups is 1. The second-order valence-electron chi connectivity index (χ2n) is 8.16. The van der Waals surface area contributed by atoms with Crippen molar-refractivity contribution in [2.24, 2.45) is 0 Å². The van der Waals surface area contributed by atoms with Crippen LogP contribution in [-0.4, -0.2) is 34.9 Å². The summed E-state index contributed by atoms with van der Waals surface area (Å²) in [6.07, 6.45) is 2.13. The van der Waals surface area contributed by atoms with Crippen LogP contribution in [0.4, 0.5) is 25.0 Å². The van der Waals surface area contributed by atoms with Crippen LogP contribution in [0.15, 0.2) is 36.4 Å². The number of aromatic nitrogens is 1. The molecule has 8 heteroatoms. The number of alkyl halides is 2. The molecule has 168 valence electrons. The van der Waals surface area contributed by atoms with Gasteiger partial charge in [0.25, 0.3) is 0 Å². The van der Waals surface area contributed by atoms with E-state index >= 15 is 0 Å². The molecule has 0 aliphatic heterocycles. The minimum Gasteiger partial charge on any atom is -0.415 e. The van der Waals surface area contributed by atoms with E-state index in [-0.39, 0.29) is 29.6 Å². The standard InChI is InChI=1S/C23H29F2N3O3/c1-14(2)18-6-4-5-7-20(18)28(16-9-11-17(29)12-10-16)23(30)27-19-13-8-15(3)26-21(19)31-22(24)25/h4-8,13-14,16-17,22,29H,9-12H2,1-3H3,(H,27,30). The number of nitrogens with zero attached hydrogens (tertiary/aromatic N) is 2. The first-order valence-corrected chi connectivity index (χ1v) is 10.6. The third-order valence-electron chi connectivity index (χ3n) is 5.51. The Hall–Kier alpha value is -2.74. The number of rotatable bonds is 6. The Kier molecular flexibility index (Phi) is 7.43. The van der Waals surface area contributed by atoms with Crippen LogP contribution in [0.2, 0.25) is 0 Å². The molecule has 0 saturated heterocycles. The number of para-hydroxylation sites is 1. The number of aliphatic hydroxyl groups excluding tert-OH is 1. The van der Waals surface area contributed by atoms with E-state index in [2.05, 4.69) is 28.9 Å². The summed E-state index contributed by atoms with van der Waals surface area (Å²) < 4.78 is 30.2. The molecule has 1 aromatic heterocycles. The van der Waals surface area contributed by atoms with Crippen molar-refractivity contribution in [3.8, 4) is 5.88 Å². The predicted octanol–water partition coefficient (Wildman–Crippen LogP) is 5.46. The van der Waals surface area contributed by atoms with Crippen molar-refractivity contribution in [3.05, 3.63) is 47.7 Å². The van der Waals surface area contributed by atoms with Crippen LogP contribution in [0.3, 0.4) is 0 Å². The minimum absolute atomic E-state index is 0.0822. The molecule has 1 aliphatic carbocycles. The molecule has 2 amide bonds. The van der Waals surface area contributed by atoms with E-state index in [0.29, 0.717) is 31.4 Å². The first-order valence-electron chi connectivity index (χ1n) is 10.6. The van der Waals surface area contributed by atoms with Crippen LogP contribution in [0, 0.1) is 6.92 Å². The number of anilines is 2. The smallest absolute Gasteiger partial charge is 0.388 e. The highest BCUT2D eigenvalue weighted by molar-refractivity contribution is 6.03. The topological polar surface area (TPSA) is 74.7 Å². The van der Waals surface area contributed by atoms with Crippen LogP contribution in [0.5, 0.6) is 5.88 Å². The fourth-order valence-corrected chi connectivity index (χ4v) is 3.96. The summed E-state index contributed by atoms with van der Waals surface area (Å²) in [6, 6.07) is 10.2. The summed E-state index contributed by atoms with van der Waals surface area (Å²) in [5.41, 5.74) is 2.36. The number of hydrogen-bond donors (Lipinski definition) is 2. The maximum Gasteiger partial charge on any atom is 0.388 e. The van der Waals surface area contributed by atoms with E-state index in [0.717, 1.165) is 11.3 Å². The van der Waals surface area contributed by atoms with Crippen molar-refractivity contribution >= 4 is 17.4 Å². The third kappa shape index (κ3) is 5.70. The van der Waals surface area contributed by atoms with E-state index in [1.165, 1.54) is 6.07 Å². The predicted molar refractivity (Wildman–Crippen MR) is 116 cm³/mol. The van der Waals surface area contributed by atoms with Crippen LogP contribution in [0.1, 0.15) is 56.7 Å². The van der Waals surface area contributed by atoms with Crippen LogP contribution < -0.4 is 15.0 Å². The van der Waals surface area contributed by atoms with Gasteiger partial charge in [0, 0.05) is 17.4 Å². The molecule has 2 N–H and O–H groups in total. The first kappa shape index (κ1) is 22.9. The second kappa shape index (κ2) is 10.0. The highest BCUT2D eigenvalue weighted by Crippen LogP contribution is 2.34. The summed E-state index contributed by atoms with van der Waals surface area (Å²) in [5, 5.41) is 12.6. The molecule has 0 spiro atoms. The summed E-state index contributed by atoms with van der Waals surface area (Å²) in [5.74, 6) is -0.140. The van der Waals surface area contributed by atoms with E-state index in [9.17, 15) is 18.7 Å². The number of nitrogens with one attached hydrogen (secondary N) is 1. The average molecular weight is 433 g/mol. The van der Waals surface area contributed by atoms with Gasteiger partial charge in [0.1, 0.15) is 5.69 Å². The van der Waals surface area contributed by atoms with Crippen molar-refractivity contribution in [2.45, 2.75) is 71.1 Å². The van der Waals surface area contributed by atoms with Gasteiger partial charge < -0.3 is 15.2 Å². The van der Waals surface area contributed by atoms with Gasteiger partial charge in [0.05, 0.1) is 6.10 Å². The summed E-state index contributed by atoms with van der Waals surface area (Å²) in [4.78, 5) is 19.2. The van der Waals surface area contributed by atoms with Gasteiger partial charge in [-0.3, -0.25) is 4.90 Å². The number of aryl methyl sites for hydroxylation is 1. The van der Waals surface area contributed by atoms with E-state index in [1.807, 2.05) is 24.3 Å². The molecule has 1 aromatic carbocycles. The molecule has 0 atom stereocenters. The van der Waals surface area contributed by atoms with Gasteiger partial charge in [-0.25, -0.2) is 9.78 Å². The van der Waals surface area contributed by atoms with Crippen molar-refractivity contribution in [1.82, 2.24) is 4.98 Å². The van der Waals surface area contributed by atoms with Gasteiger partial charge in [-0.05, 0) is 62.3 Å². The lowest BCUT2D eigenvalue weighted by Crippen LogP contribution is -2.46. The third-order valence-corrected chi connectivity index (χ3v) is 5.51. The van der Waals surface area contributed by atoms with Gasteiger partial charge in [-0.1, -0.05) is 32.0 Å². The Labute approximate surface area is 181 Å². The van der Waals surface area contributed by atoms with Crippen molar-refractivity contribution < 1.29 is 23.4 Å². The molecule has 1 saturated carbocycles. The normalized spacial score (nSPS) is 18.8. The number of urea groups is 1. The van der Waals surface area contributed by atoms with E-state index < -0.39 is 12.6 Å². The van der Waals surface area contributed by atoms with Crippen molar-refractivity contribution in [2.75, 3.05) is 10.2 Å². The quantitative estimate of drug-likeness (QED) is 0.635. The van der Waals surface area contributed by atoms with Crippen LogP contribution in [0.25, 0.3) is 0 Å². The molecule has 6 nitrogen and oxygen atoms in total. The molecule has 31 heavy (non-hydrogen) atoms. The fourth-order valence-electron chi connectivity index (χ4n) is 3.96. The molecule has 1 fully saturated rings. The molecule has 2 aromatic rings. The number of hydrogen-bond acceptors (Lipinski definition) is 4. The molecule has 1 aliphatic rings. The molecule has 1 heterocycles. The number of aliphatic hydroxyl groups is 1. The molecular formula is C23H29F2N3O3. The highest BCUT2D eigenvalue weighted by atomic mass is 19.3. The number of carbonyl (C=O) groups excluding carboxylic acids is 1. The molecule has 0 radical (unpaired) electrons. The Bertz CT molecular complexity index is 899. The Balaban J connectivity index is 1.96. The Morgan fingerprint density at radius 1 is 1.16 bits per heavy atom.